The second kappa shape index (κ2) is 7.82. The smallest absolute Gasteiger partial charge is 0.335 e. The zero-order valence-corrected chi connectivity index (χ0v) is 18.3. The number of rotatable bonds is 3. The number of carboxylic acids is 1. The molecule has 32 heavy (non-hydrogen) atoms. The van der Waals surface area contributed by atoms with Gasteiger partial charge >= 0.3 is 5.97 Å². The first-order chi connectivity index (χ1) is 15.1. The Morgan fingerprint density at radius 3 is 2.41 bits per heavy atom. The van der Waals surface area contributed by atoms with Crippen molar-refractivity contribution >= 4 is 5.97 Å². The molecule has 0 aromatic rings. The predicted octanol–water partition coefficient (Wildman–Crippen LogP) is 0.103. The highest BCUT2D eigenvalue weighted by Gasteiger charge is 2.69. The number of fused-ring (bicyclic) bond motifs is 2. The summed E-state index contributed by atoms with van der Waals surface area (Å²) in [6.07, 6.45) is -6.80. The van der Waals surface area contributed by atoms with Gasteiger partial charge in [-0.1, -0.05) is 13.8 Å². The van der Waals surface area contributed by atoms with Crippen LogP contribution in [0.4, 0.5) is 0 Å². The Morgan fingerprint density at radius 2 is 1.69 bits per heavy atom. The van der Waals surface area contributed by atoms with E-state index in [2.05, 4.69) is 6.92 Å². The summed E-state index contributed by atoms with van der Waals surface area (Å²) in [6.45, 7) is 5.94. The van der Waals surface area contributed by atoms with Crippen molar-refractivity contribution in [3.8, 4) is 0 Å². The van der Waals surface area contributed by atoms with Crippen LogP contribution in [0.2, 0.25) is 0 Å². The summed E-state index contributed by atoms with van der Waals surface area (Å²) >= 11 is 0. The molecule has 2 bridgehead atoms. The molecule has 0 radical (unpaired) electrons. The summed E-state index contributed by atoms with van der Waals surface area (Å²) in [5.41, 5.74) is -0.793. The maximum absolute atomic E-state index is 11.4. The lowest BCUT2D eigenvalue weighted by molar-refractivity contribution is -0.579. The maximum atomic E-state index is 11.4. The molecule has 5 saturated heterocycles. The number of aliphatic hydroxyl groups is 3. The van der Waals surface area contributed by atoms with Gasteiger partial charge in [0.05, 0.1) is 0 Å². The maximum Gasteiger partial charge on any atom is 0.335 e. The highest BCUT2D eigenvalue weighted by atomic mass is 17.3. The standard InChI is InChI=1S/C21H32O11/c1-8-4-5-11-9(2)17(28-18-14(24)12(22)13(23)15(27-18)16(25)26)29-19-21(11)10(8)6-7-20(3,30-19)31-32-21/h8-15,17-19,22-24H,4-7H2,1-3H3,(H,25,26)/t8-,9-,10-,11-,12+,13+,14-,15+,17-,18+,19+,20+,21+/m0/s1. The number of aliphatic carboxylic acids is 1. The monoisotopic (exact) mass is 460 g/mol. The van der Waals surface area contributed by atoms with E-state index >= 15 is 0 Å². The number of aliphatic hydroxyl groups excluding tert-OH is 3. The highest BCUT2D eigenvalue weighted by Crippen LogP contribution is 2.60. The van der Waals surface area contributed by atoms with E-state index in [0.717, 1.165) is 19.3 Å². The second-order valence-electron chi connectivity index (χ2n) is 10.1. The van der Waals surface area contributed by atoms with Crippen LogP contribution in [-0.2, 0) is 33.5 Å². The molecule has 1 spiro atoms. The molecule has 6 aliphatic rings. The molecule has 6 rings (SSSR count). The molecule has 6 fully saturated rings. The largest absolute Gasteiger partial charge is 0.479 e. The van der Waals surface area contributed by atoms with Gasteiger partial charge in [0.25, 0.3) is 0 Å². The van der Waals surface area contributed by atoms with Crippen LogP contribution in [0, 0.1) is 23.7 Å². The molecule has 0 unspecified atom stereocenters. The lowest BCUT2D eigenvalue weighted by Gasteiger charge is -2.60. The fourth-order valence-corrected chi connectivity index (χ4v) is 6.32. The van der Waals surface area contributed by atoms with Gasteiger partial charge in [-0.3, -0.25) is 0 Å². The Hall–Kier alpha value is -0.890. The van der Waals surface area contributed by atoms with Crippen LogP contribution in [0.3, 0.4) is 0 Å². The molecule has 11 nitrogen and oxygen atoms in total. The van der Waals surface area contributed by atoms with Crippen molar-refractivity contribution < 1.29 is 53.9 Å². The average molecular weight is 460 g/mol. The van der Waals surface area contributed by atoms with Gasteiger partial charge in [0.2, 0.25) is 5.79 Å². The number of ether oxygens (including phenoxy) is 4. The van der Waals surface area contributed by atoms with Gasteiger partial charge < -0.3 is 39.4 Å². The summed E-state index contributed by atoms with van der Waals surface area (Å²) in [5, 5.41) is 39.7. The Bertz CT molecular complexity index is 749. The number of carboxylic acid groups (broad SMARTS) is 1. The minimum absolute atomic E-state index is 0.0402. The van der Waals surface area contributed by atoms with Gasteiger partial charge in [0.15, 0.2) is 30.6 Å². The van der Waals surface area contributed by atoms with Crippen molar-refractivity contribution in [2.75, 3.05) is 0 Å². The van der Waals surface area contributed by atoms with Gasteiger partial charge in [0.1, 0.15) is 18.3 Å². The van der Waals surface area contributed by atoms with E-state index in [1.165, 1.54) is 0 Å². The van der Waals surface area contributed by atoms with Crippen LogP contribution in [0.25, 0.3) is 0 Å². The van der Waals surface area contributed by atoms with Crippen molar-refractivity contribution in [3.63, 3.8) is 0 Å². The molecule has 11 heteroatoms. The van der Waals surface area contributed by atoms with E-state index in [0.29, 0.717) is 12.3 Å². The second-order valence-corrected chi connectivity index (χ2v) is 10.1. The van der Waals surface area contributed by atoms with Crippen LogP contribution in [0.1, 0.15) is 46.5 Å². The lowest BCUT2D eigenvalue weighted by atomic mass is 9.58. The molecule has 4 N–H and O–H groups in total. The summed E-state index contributed by atoms with van der Waals surface area (Å²) in [5.74, 6) is -2.14. The first kappa shape index (κ1) is 22.9. The van der Waals surface area contributed by atoms with Crippen LogP contribution in [0.15, 0.2) is 0 Å². The first-order valence-electron chi connectivity index (χ1n) is 11.4. The molecule has 0 amide bonds. The molecule has 5 heterocycles. The Balaban J connectivity index is 1.41. The molecule has 182 valence electrons. The highest BCUT2D eigenvalue weighted by molar-refractivity contribution is 5.73. The molecule has 0 aromatic carbocycles. The van der Waals surface area contributed by atoms with Crippen molar-refractivity contribution in [1.82, 2.24) is 0 Å². The normalized spacial score (nSPS) is 57.5. The van der Waals surface area contributed by atoms with Gasteiger partial charge in [-0.2, -0.15) is 0 Å². The summed E-state index contributed by atoms with van der Waals surface area (Å²) < 4.78 is 23.7. The minimum atomic E-state index is -1.79. The third kappa shape index (κ3) is 3.25. The molecule has 1 aliphatic carbocycles. The summed E-state index contributed by atoms with van der Waals surface area (Å²) in [7, 11) is 0. The topological polar surface area (TPSA) is 153 Å². The van der Waals surface area contributed by atoms with Crippen molar-refractivity contribution in [2.24, 2.45) is 23.7 Å². The average Bonchev–Trinajstić information content (AvgIpc) is 2.97. The first-order valence-corrected chi connectivity index (χ1v) is 11.4. The third-order valence-electron chi connectivity index (χ3n) is 8.18. The number of hydrogen-bond donors (Lipinski definition) is 4. The molecule has 5 aliphatic heterocycles. The van der Waals surface area contributed by atoms with Crippen molar-refractivity contribution in [2.45, 2.75) is 101 Å². The van der Waals surface area contributed by atoms with Crippen LogP contribution >= 0.6 is 0 Å². The van der Waals surface area contributed by atoms with Gasteiger partial charge in [0, 0.05) is 18.3 Å². The molecule has 1 saturated carbocycles. The fourth-order valence-electron chi connectivity index (χ4n) is 6.32. The number of carbonyl (C=O) groups is 1. The molecule has 0 aromatic heterocycles. The Kier molecular flexibility index (Phi) is 5.59. The van der Waals surface area contributed by atoms with Crippen LogP contribution < -0.4 is 0 Å². The zero-order chi connectivity index (χ0) is 23.0. The third-order valence-corrected chi connectivity index (χ3v) is 8.18. The minimum Gasteiger partial charge on any atom is -0.479 e. The van der Waals surface area contributed by atoms with Crippen LogP contribution in [0.5, 0.6) is 0 Å². The fraction of sp³-hybridized carbons (Fsp3) is 0.952. The van der Waals surface area contributed by atoms with Gasteiger partial charge in [-0.05, 0) is 38.0 Å². The Morgan fingerprint density at radius 1 is 0.938 bits per heavy atom. The zero-order valence-electron chi connectivity index (χ0n) is 18.3. The van der Waals surface area contributed by atoms with E-state index < -0.39 is 60.6 Å². The molecular weight excluding hydrogens is 428 g/mol. The molecular formula is C21H32O11. The Labute approximate surface area is 185 Å². The van der Waals surface area contributed by atoms with Crippen LogP contribution in [-0.4, -0.2) is 81.1 Å². The van der Waals surface area contributed by atoms with E-state index in [-0.39, 0.29) is 17.8 Å². The van der Waals surface area contributed by atoms with E-state index in [4.69, 9.17) is 28.7 Å². The quantitative estimate of drug-likeness (QED) is 0.424. The van der Waals surface area contributed by atoms with E-state index in [1.807, 2.05) is 6.92 Å². The lowest BCUT2D eigenvalue weighted by Crippen LogP contribution is -2.71. The molecule has 13 atom stereocenters. The van der Waals surface area contributed by atoms with Gasteiger partial charge in [-0.25, -0.2) is 14.6 Å². The van der Waals surface area contributed by atoms with Gasteiger partial charge in [-0.15, -0.1) is 0 Å². The number of hydrogen-bond acceptors (Lipinski definition) is 10. The van der Waals surface area contributed by atoms with E-state index in [1.54, 1.807) is 6.92 Å². The summed E-state index contributed by atoms with van der Waals surface area (Å²) in [6, 6.07) is 0. The van der Waals surface area contributed by atoms with E-state index in [9.17, 15) is 25.2 Å². The van der Waals surface area contributed by atoms with Crippen molar-refractivity contribution in [1.29, 1.82) is 0 Å². The SMILES string of the molecule is C[C@@H]1[C@@H](O[C@H]2O[C@@H](C(=O)O)[C@H](O)[C@@H](O)[C@@H]2O)O[C@@H]2O[C@@]3(C)CC[C@H]4[C@@H](C)CC[C@@H]1[C@@]24OO3. The van der Waals surface area contributed by atoms with Crippen molar-refractivity contribution in [3.05, 3.63) is 0 Å². The summed E-state index contributed by atoms with van der Waals surface area (Å²) in [4.78, 5) is 23.2. The predicted molar refractivity (Wildman–Crippen MR) is 102 cm³/mol.